The predicted octanol–water partition coefficient (Wildman–Crippen LogP) is 4.34. The first-order chi connectivity index (χ1) is 41.0. The first-order valence-corrected chi connectivity index (χ1v) is 31.3. The van der Waals surface area contributed by atoms with E-state index in [4.69, 9.17) is 11.6 Å². The van der Waals surface area contributed by atoms with Crippen LogP contribution in [-0.2, 0) is 65.3 Å². The second-order valence-electron chi connectivity index (χ2n) is 25.9. The molecule has 22 nitrogen and oxygen atoms in total. The summed E-state index contributed by atoms with van der Waals surface area (Å²) < 4.78 is 41.2. The Kier molecular flexibility index (Phi) is 25.3. The molecule has 26 heteroatoms. The van der Waals surface area contributed by atoms with Crippen LogP contribution in [0.25, 0.3) is 0 Å². The molecule has 2 heterocycles. The molecule has 0 unspecified atom stereocenters. The Morgan fingerprint density at radius 1 is 0.670 bits per heavy atom. The number of amides is 11. The number of hydrogen-bond donors (Lipinski definition) is 3. The van der Waals surface area contributed by atoms with E-state index in [2.05, 4.69) is 16.0 Å². The number of rotatable bonds is 10. The molecule has 0 radical (unpaired) electrons. The maximum atomic E-state index is 15.1. The Bertz CT molecular complexity index is 2740. The summed E-state index contributed by atoms with van der Waals surface area (Å²) in [6.45, 7) is 11.0. The smallest absolute Gasteiger partial charge is 0.343 e. The Hall–Kier alpha value is -6.53. The molecule has 2 saturated carbocycles. The minimum atomic E-state index is -4.74. The van der Waals surface area contributed by atoms with E-state index in [0.717, 1.165) is 39.7 Å². The summed E-state index contributed by atoms with van der Waals surface area (Å²) >= 11 is 6.09. The summed E-state index contributed by atoms with van der Waals surface area (Å²) in [6, 6.07) is -4.50. The van der Waals surface area contributed by atoms with Crippen molar-refractivity contribution in [1.29, 1.82) is 0 Å². The molecule has 1 spiro atoms. The van der Waals surface area contributed by atoms with Crippen molar-refractivity contribution in [3.63, 3.8) is 0 Å². The minimum Gasteiger partial charge on any atom is -0.343 e. The van der Waals surface area contributed by atoms with E-state index in [1.807, 2.05) is 20.8 Å². The maximum absolute atomic E-state index is 15.1. The molecule has 2 aliphatic heterocycles. The zero-order valence-electron chi connectivity index (χ0n) is 53.9. The molecule has 1 aromatic rings. The van der Waals surface area contributed by atoms with Crippen molar-refractivity contribution in [2.24, 2.45) is 23.7 Å². The average molecular weight is 1260 g/mol. The summed E-state index contributed by atoms with van der Waals surface area (Å²) in [4.78, 5) is 169. The molecule has 8 atom stereocenters. The molecule has 88 heavy (non-hydrogen) atoms. The molecule has 0 aromatic heterocycles. The third kappa shape index (κ3) is 18.1. The number of nitrogens with one attached hydrogen (secondary N) is 3. The number of alkyl halides is 3. The zero-order chi connectivity index (χ0) is 66.0. The van der Waals surface area contributed by atoms with Crippen LogP contribution < -0.4 is 16.0 Å². The first-order valence-electron chi connectivity index (χ1n) is 30.9. The number of fused-ring (bicyclic) bond motifs is 1. The van der Waals surface area contributed by atoms with E-state index in [9.17, 15) is 61.1 Å². The highest BCUT2D eigenvalue weighted by molar-refractivity contribution is 6.31. The van der Waals surface area contributed by atoms with Gasteiger partial charge in [0.05, 0.1) is 30.2 Å². The topological polar surface area (TPSA) is 250 Å². The van der Waals surface area contributed by atoms with Crippen LogP contribution in [0, 0.1) is 23.7 Å². The highest BCUT2D eigenvalue weighted by Gasteiger charge is 2.50. The van der Waals surface area contributed by atoms with E-state index in [0.29, 0.717) is 31.2 Å². The highest BCUT2D eigenvalue weighted by atomic mass is 35.5. The van der Waals surface area contributed by atoms with Gasteiger partial charge >= 0.3 is 6.18 Å². The summed E-state index contributed by atoms with van der Waals surface area (Å²) in [5.74, 6) is -7.66. The molecule has 492 valence electrons. The van der Waals surface area contributed by atoms with E-state index >= 15 is 4.79 Å². The Labute approximate surface area is 521 Å². The van der Waals surface area contributed by atoms with Gasteiger partial charge in [-0.1, -0.05) is 91.3 Å². The Balaban J connectivity index is 1.53. The molecule has 1 aromatic carbocycles. The van der Waals surface area contributed by atoms with Crippen molar-refractivity contribution < 1.29 is 65.9 Å². The number of nitrogens with zero attached hydrogens (tertiary/aromatic N) is 8. The number of likely N-dealkylation sites (N-methyl/N-ethyl adjacent to an activating group) is 7. The molecule has 4 aliphatic rings. The lowest BCUT2D eigenvalue weighted by atomic mass is 9.91. The normalized spacial score (nSPS) is 26.4. The van der Waals surface area contributed by atoms with Gasteiger partial charge in [-0.25, -0.2) is 0 Å². The summed E-state index contributed by atoms with van der Waals surface area (Å²) in [5, 5.41) is 8.04. The lowest BCUT2D eigenvalue weighted by Crippen LogP contribution is -2.64. The molecule has 0 bridgehead atoms. The SMILES string of the molecule is CC[C@H](C)[C@@H]1NC(=O)[C@H](CC(C)C)N(C)C(=O)C[C@@H](C)N(C)C(=O)[C@H](C(C)C)N(C)C(=O)C2(CCCC2)NC(=O)[C@@H]2CCCN2C(=O)[C@H](CCc2ccc(C(F)(F)F)c(Cl)c2)NC(=O)CN(C)C(=O)[C@H](CC2CC2)N(C)C(=O)CN(C)C(=O)CN(C)C1=O. The van der Waals surface area contributed by atoms with Crippen LogP contribution in [0.5, 0.6) is 0 Å². The fourth-order valence-electron chi connectivity index (χ4n) is 12.1. The second-order valence-corrected chi connectivity index (χ2v) is 26.3. The van der Waals surface area contributed by atoms with Crippen molar-refractivity contribution in [3.8, 4) is 0 Å². The molecule has 5 rings (SSSR count). The van der Waals surface area contributed by atoms with Crippen LogP contribution in [0.1, 0.15) is 143 Å². The van der Waals surface area contributed by atoms with Crippen molar-refractivity contribution in [2.45, 2.75) is 192 Å². The van der Waals surface area contributed by atoms with Crippen LogP contribution in [0.2, 0.25) is 5.02 Å². The van der Waals surface area contributed by atoms with E-state index in [-0.39, 0.29) is 69.7 Å². The van der Waals surface area contributed by atoms with Crippen LogP contribution >= 0.6 is 11.6 Å². The van der Waals surface area contributed by atoms with Gasteiger partial charge in [0, 0.05) is 68.3 Å². The van der Waals surface area contributed by atoms with E-state index in [1.54, 1.807) is 27.7 Å². The van der Waals surface area contributed by atoms with Gasteiger partial charge in [-0.2, -0.15) is 13.2 Å². The number of carbonyl (C=O) groups is 11. The fraction of sp³-hybridized carbons (Fsp3) is 0.726. The molecule has 2 saturated heterocycles. The van der Waals surface area contributed by atoms with Crippen molar-refractivity contribution >= 4 is 76.6 Å². The monoisotopic (exact) mass is 1260 g/mol. The standard InChI is InChI=1S/C62H95ClF3N11O11/c1-15-38(6)52-58(86)72(10)34-50(80)70(8)35-51(81)75(13)47(32-41-20-21-41)57(85)71(9)33-48(78)67-44(25-23-40-22-24-42(43(63)31-40)62(64,65)66)56(84)77-28-18-19-45(77)55(83)69-61(26-16-17-27-61)60(88)76(14)53(37(4)5)59(87)73(11)39(7)30-49(79)74(12)46(29-36(2)3)54(82)68-52/h22,24,31,36-39,41,44-47,52-53H,15-21,23,25-30,32-35H2,1-14H3,(H,67,78)(H,68,82)(H,69,83)/t38-,39+,44-,45-,46-,47-,52-,53-/m0/s1. The predicted molar refractivity (Wildman–Crippen MR) is 323 cm³/mol. The molecule has 4 fully saturated rings. The number of halogens is 4. The van der Waals surface area contributed by atoms with Gasteiger partial charge < -0.3 is 55.1 Å². The van der Waals surface area contributed by atoms with Crippen molar-refractivity contribution in [2.75, 3.05) is 75.5 Å². The number of benzene rings is 1. The van der Waals surface area contributed by atoms with Gasteiger partial charge in [0.15, 0.2) is 0 Å². The largest absolute Gasteiger partial charge is 0.417 e. The Morgan fingerprint density at radius 3 is 1.84 bits per heavy atom. The molecule has 3 N–H and O–H groups in total. The molecule has 2 aliphatic carbocycles. The summed E-state index contributed by atoms with van der Waals surface area (Å²) in [5.41, 5.74) is -2.25. The molecular weight excluding hydrogens is 1170 g/mol. The number of aryl methyl sites for hydroxylation is 1. The quantitative estimate of drug-likeness (QED) is 0.297. The first kappa shape index (κ1) is 72.2. The van der Waals surface area contributed by atoms with Gasteiger partial charge in [-0.3, -0.25) is 52.7 Å². The second kappa shape index (κ2) is 30.8. The van der Waals surface area contributed by atoms with E-state index < -0.39 is 161 Å². The Morgan fingerprint density at radius 2 is 1.27 bits per heavy atom. The fourth-order valence-corrected chi connectivity index (χ4v) is 12.4. The number of carbonyl (C=O) groups excluding carboxylic acids is 11. The summed E-state index contributed by atoms with van der Waals surface area (Å²) in [6.07, 6.45) is -0.716. The van der Waals surface area contributed by atoms with Crippen LogP contribution in [0.15, 0.2) is 18.2 Å². The van der Waals surface area contributed by atoms with Crippen molar-refractivity contribution in [3.05, 3.63) is 34.3 Å². The third-order valence-electron chi connectivity index (χ3n) is 18.2. The van der Waals surface area contributed by atoms with Crippen LogP contribution in [0.4, 0.5) is 13.2 Å². The van der Waals surface area contributed by atoms with Gasteiger partial charge in [-0.05, 0) is 99.7 Å². The van der Waals surface area contributed by atoms with Crippen LogP contribution in [-0.4, -0.2) is 228 Å². The lowest BCUT2D eigenvalue weighted by Gasteiger charge is -2.41. The molecular formula is C62H95ClF3N11O11. The van der Waals surface area contributed by atoms with Gasteiger partial charge in [-0.15, -0.1) is 0 Å². The van der Waals surface area contributed by atoms with Gasteiger partial charge in [0.2, 0.25) is 65.0 Å². The van der Waals surface area contributed by atoms with Crippen LogP contribution in [0.3, 0.4) is 0 Å². The average Bonchev–Trinajstić information content (AvgIpc) is 1.83. The van der Waals surface area contributed by atoms with Gasteiger partial charge in [0.25, 0.3) is 0 Å². The van der Waals surface area contributed by atoms with Crippen molar-refractivity contribution in [1.82, 2.24) is 55.1 Å². The minimum absolute atomic E-state index is 0.0600. The third-order valence-corrected chi connectivity index (χ3v) is 18.5. The zero-order valence-corrected chi connectivity index (χ0v) is 54.6. The van der Waals surface area contributed by atoms with Gasteiger partial charge in [0.1, 0.15) is 41.8 Å². The number of hydrogen-bond acceptors (Lipinski definition) is 11. The molecule has 11 amide bonds. The highest BCUT2D eigenvalue weighted by Crippen LogP contribution is 2.37. The van der Waals surface area contributed by atoms with E-state index in [1.165, 1.54) is 79.9 Å². The lowest BCUT2D eigenvalue weighted by molar-refractivity contribution is -0.152. The summed E-state index contributed by atoms with van der Waals surface area (Å²) in [7, 11) is 10.0. The maximum Gasteiger partial charge on any atom is 0.417 e.